The molecule has 0 radical (unpaired) electrons. The summed E-state index contributed by atoms with van der Waals surface area (Å²) in [6, 6.07) is 0. The number of carbonyl (C=O) groups excluding carboxylic acids is 1. The fraction of sp³-hybridized carbons (Fsp3) is 0.583. The molecule has 18 heavy (non-hydrogen) atoms. The molecule has 6 heteroatoms. The van der Waals surface area contributed by atoms with Crippen LogP contribution in [0.25, 0.3) is 0 Å². The SMILES string of the molecule is CNc1cnc(C(=O)N2CCC(SC)CC2)cn1. The number of nitrogens with one attached hydrogen (secondary N) is 1. The molecule has 2 heterocycles. The molecule has 1 aromatic rings. The van der Waals surface area contributed by atoms with E-state index in [0.717, 1.165) is 25.9 Å². The normalized spacial score (nSPS) is 16.7. The van der Waals surface area contributed by atoms with E-state index in [4.69, 9.17) is 0 Å². The third-order valence-electron chi connectivity index (χ3n) is 3.19. The molecule has 0 atom stereocenters. The Morgan fingerprint density at radius 1 is 1.39 bits per heavy atom. The maximum Gasteiger partial charge on any atom is 0.274 e. The second kappa shape index (κ2) is 6.04. The van der Waals surface area contributed by atoms with Crippen molar-refractivity contribution in [3.63, 3.8) is 0 Å². The highest BCUT2D eigenvalue weighted by Crippen LogP contribution is 2.21. The molecule has 1 aliphatic rings. The molecule has 0 aliphatic carbocycles. The fourth-order valence-corrected chi connectivity index (χ4v) is 2.71. The van der Waals surface area contributed by atoms with Crippen molar-refractivity contribution in [1.29, 1.82) is 0 Å². The summed E-state index contributed by atoms with van der Waals surface area (Å²) < 4.78 is 0. The van der Waals surface area contributed by atoms with E-state index in [0.29, 0.717) is 16.8 Å². The molecule has 1 N–H and O–H groups in total. The lowest BCUT2D eigenvalue weighted by Gasteiger charge is -2.30. The minimum Gasteiger partial charge on any atom is -0.372 e. The summed E-state index contributed by atoms with van der Waals surface area (Å²) in [5.41, 5.74) is 0.427. The predicted molar refractivity (Wildman–Crippen MR) is 74.0 cm³/mol. The molecule has 1 fully saturated rings. The molecule has 1 saturated heterocycles. The monoisotopic (exact) mass is 266 g/mol. The second-order valence-corrected chi connectivity index (χ2v) is 5.40. The van der Waals surface area contributed by atoms with Gasteiger partial charge in [-0.3, -0.25) is 4.79 Å². The lowest BCUT2D eigenvalue weighted by molar-refractivity contribution is 0.0721. The fourth-order valence-electron chi connectivity index (χ4n) is 2.02. The minimum atomic E-state index is -0.00953. The zero-order valence-corrected chi connectivity index (χ0v) is 11.5. The summed E-state index contributed by atoms with van der Waals surface area (Å²) >= 11 is 1.89. The van der Waals surface area contributed by atoms with Crippen molar-refractivity contribution in [3.05, 3.63) is 18.1 Å². The standard InChI is InChI=1S/C12H18N4OS/c1-13-11-8-14-10(7-15-11)12(17)16-5-3-9(18-2)4-6-16/h7-9H,3-6H2,1-2H3,(H,13,15). The molecule has 1 amide bonds. The second-order valence-electron chi connectivity index (χ2n) is 4.26. The van der Waals surface area contributed by atoms with Gasteiger partial charge in [0.1, 0.15) is 11.5 Å². The lowest BCUT2D eigenvalue weighted by Crippen LogP contribution is -2.39. The Hall–Kier alpha value is -1.30. The summed E-state index contributed by atoms with van der Waals surface area (Å²) in [4.78, 5) is 22.3. The summed E-state index contributed by atoms with van der Waals surface area (Å²) in [6.07, 6.45) is 7.38. The zero-order valence-electron chi connectivity index (χ0n) is 10.7. The van der Waals surface area contributed by atoms with Gasteiger partial charge < -0.3 is 10.2 Å². The van der Waals surface area contributed by atoms with Crippen molar-refractivity contribution < 1.29 is 4.79 Å². The van der Waals surface area contributed by atoms with Crippen LogP contribution in [0.3, 0.4) is 0 Å². The van der Waals surface area contributed by atoms with Crippen molar-refractivity contribution in [1.82, 2.24) is 14.9 Å². The van der Waals surface area contributed by atoms with Gasteiger partial charge in [0.25, 0.3) is 5.91 Å². The molecule has 2 rings (SSSR count). The Kier molecular flexibility index (Phi) is 4.41. The Balaban J connectivity index is 1.98. The quantitative estimate of drug-likeness (QED) is 0.898. The molecule has 0 saturated carbocycles. The van der Waals surface area contributed by atoms with Gasteiger partial charge in [-0.15, -0.1) is 0 Å². The Bertz CT molecular complexity index is 401. The van der Waals surface area contributed by atoms with Gasteiger partial charge in [-0.25, -0.2) is 9.97 Å². The highest BCUT2D eigenvalue weighted by molar-refractivity contribution is 7.99. The molecule has 1 aliphatic heterocycles. The first-order valence-corrected chi connectivity index (χ1v) is 7.35. The van der Waals surface area contributed by atoms with Crippen LogP contribution in [0.15, 0.2) is 12.4 Å². The van der Waals surface area contributed by atoms with E-state index in [1.165, 1.54) is 6.20 Å². The molecule has 98 valence electrons. The molecule has 0 bridgehead atoms. The average Bonchev–Trinajstić information content (AvgIpc) is 2.47. The van der Waals surface area contributed by atoms with Crippen LogP contribution < -0.4 is 5.32 Å². The third kappa shape index (κ3) is 2.93. The molecular formula is C12H18N4OS. The summed E-state index contributed by atoms with van der Waals surface area (Å²) in [7, 11) is 1.78. The number of aromatic nitrogens is 2. The molecular weight excluding hydrogens is 248 g/mol. The van der Waals surface area contributed by atoms with Crippen LogP contribution in [-0.4, -0.2) is 52.4 Å². The Morgan fingerprint density at radius 3 is 2.61 bits per heavy atom. The first-order valence-electron chi connectivity index (χ1n) is 6.06. The van der Waals surface area contributed by atoms with Crippen LogP contribution in [0.4, 0.5) is 5.82 Å². The van der Waals surface area contributed by atoms with E-state index in [1.54, 1.807) is 13.2 Å². The number of likely N-dealkylation sites (tertiary alicyclic amines) is 1. The number of anilines is 1. The number of hydrogen-bond acceptors (Lipinski definition) is 5. The van der Waals surface area contributed by atoms with Crippen molar-refractivity contribution in [2.24, 2.45) is 0 Å². The van der Waals surface area contributed by atoms with Crippen LogP contribution in [0.2, 0.25) is 0 Å². The first-order chi connectivity index (χ1) is 8.74. The van der Waals surface area contributed by atoms with E-state index in [-0.39, 0.29) is 5.91 Å². The van der Waals surface area contributed by atoms with Crippen molar-refractivity contribution in [2.45, 2.75) is 18.1 Å². The smallest absolute Gasteiger partial charge is 0.274 e. The maximum atomic E-state index is 12.2. The van der Waals surface area contributed by atoms with Gasteiger partial charge in [-0.1, -0.05) is 0 Å². The van der Waals surface area contributed by atoms with Crippen LogP contribution in [0.5, 0.6) is 0 Å². The average molecular weight is 266 g/mol. The molecule has 1 aromatic heterocycles. The highest BCUT2D eigenvalue weighted by Gasteiger charge is 2.23. The summed E-state index contributed by atoms with van der Waals surface area (Å²) in [5.74, 6) is 0.664. The van der Waals surface area contributed by atoms with Crippen molar-refractivity contribution in [2.75, 3.05) is 31.7 Å². The van der Waals surface area contributed by atoms with Crippen LogP contribution in [-0.2, 0) is 0 Å². The van der Waals surface area contributed by atoms with Crippen LogP contribution >= 0.6 is 11.8 Å². The van der Waals surface area contributed by atoms with Gasteiger partial charge in [0.05, 0.1) is 12.4 Å². The Morgan fingerprint density at radius 2 is 2.11 bits per heavy atom. The van der Waals surface area contributed by atoms with E-state index in [2.05, 4.69) is 21.5 Å². The van der Waals surface area contributed by atoms with Crippen LogP contribution in [0.1, 0.15) is 23.3 Å². The maximum absolute atomic E-state index is 12.2. The topological polar surface area (TPSA) is 58.1 Å². The number of thioether (sulfide) groups is 1. The van der Waals surface area contributed by atoms with Crippen molar-refractivity contribution in [3.8, 4) is 0 Å². The van der Waals surface area contributed by atoms with E-state index >= 15 is 0 Å². The zero-order chi connectivity index (χ0) is 13.0. The molecule has 0 unspecified atom stereocenters. The van der Waals surface area contributed by atoms with Gasteiger partial charge in [-0.2, -0.15) is 11.8 Å². The lowest BCUT2D eigenvalue weighted by atomic mass is 10.1. The first kappa shape index (κ1) is 13.1. The number of carbonyl (C=O) groups is 1. The predicted octanol–water partition coefficient (Wildman–Crippen LogP) is 1.49. The minimum absolute atomic E-state index is 0.00953. The van der Waals surface area contributed by atoms with Gasteiger partial charge in [-0.05, 0) is 19.1 Å². The number of nitrogens with zero attached hydrogens (tertiary/aromatic N) is 3. The number of amides is 1. The molecule has 5 nitrogen and oxygen atoms in total. The molecule has 0 spiro atoms. The van der Waals surface area contributed by atoms with Gasteiger partial charge in [0.2, 0.25) is 0 Å². The number of piperidine rings is 1. The number of hydrogen-bond donors (Lipinski definition) is 1. The van der Waals surface area contributed by atoms with E-state index in [1.807, 2.05) is 16.7 Å². The summed E-state index contributed by atoms with van der Waals surface area (Å²) in [6.45, 7) is 1.64. The van der Waals surface area contributed by atoms with Gasteiger partial charge >= 0.3 is 0 Å². The third-order valence-corrected chi connectivity index (χ3v) is 4.33. The van der Waals surface area contributed by atoms with Gasteiger partial charge in [0, 0.05) is 25.4 Å². The van der Waals surface area contributed by atoms with Crippen molar-refractivity contribution >= 4 is 23.5 Å². The summed E-state index contributed by atoms with van der Waals surface area (Å²) in [5, 5.41) is 3.57. The number of rotatable bonds is 3. The largest absolute Gasteiger partial charge is 0.372 e. The Labute approximate surface area is 111 Å². The van der Waals surface area contributed by atoms with E-state index < -0.39 is 0 Å². The van der Waals surface area contributed by atoms with E-state index in [9.17, 15) is 4.79 Å². The van der Waals surface area contributed by atoms with Crippen LogP contribution in [0, 0.1) is 0 Å². The highest BCUT2D eigenvalue weighted by atomic mass is 32.2. The molecule has 0 aromatic carbocycles. The van der Waals surface area contributed by atoms with Gasteiger partial charge in [0.15, 0.2) is 0 Å².